The lowest BCUT2D eigenvalue weighted by atomic mass is 10.1. The van der Waals surface area contributed by atoms with Crippen LogP contribution in [0.3, 0.4) is 0 Å². The van der Waals surface area contributed by atoms with E-state index >= 15 is 0 Å². The summed E-state index contributed by atoms with van der Waals surface area (Å²) in [5, 5.41) is 0.905. The summed E-state index contributed by atoms with van der Waals surface area (Å²) in [6.45, 7) is 1.42. The quantitative estimate of drug-likeness (QED) is 0.683. The molecule has 0 saturated heterocycles. The van der Waals surface area contributed by atoms with E-state index in [1.807, 2.05) is 36.4 Å². The zero-order valence-corrected chi connectivity index (χ0v) is 12.7. The van der Waals surface area contributed by atoms with Crippen molar-refractivity contribution in [3.05, 3.63) is 46.6 Å². The third kappa shape index (κ3) is 3.04. The van der Waals surface area contributed by atoms with E-state index < -0.39 is 0 Å². The van der Waals surface area contributed by atoms with Crippen LogP contribution in [0.2, 0.25) is 4.34 Å². The van der Waals surface area contributed by atoms with Crippen LogP contribution < -0.4 is 0 Å². The van der Waals surface area contributed by atoms with E-state index in [4.69, 9.17) is 16.3 Å². The van der Waals surface area contributed by atoms with Gasteiger partial charge in [-0.15, -0.1) is 11.3 Å². The second kappa shape index (κ2) is 5.79. The molecular formula is C15H11ClN2O2S. The van der Waals surface area contributed by atoms with E-state index in [2.05, 4.69) is 9.97 Å². The lowest BCUT2D eigenvalue weighted by Crippen LogP contribution is -2.04. The first kappa shape index (κ1) is 14.0. The molecule has 2 heterocycles. The molecule has 2 aromatic heterocycles. The third-order valence-corrected chi connectivity index (χ3v) is 4.02. The smallest absolute Gasteiger partial charge is 0.303 e. The van der Waals surface area contributed by atoms with E-state index in [-0.39, 0.29) is 12.6 Å². The van der Waals surface area contributed by atoms with Gasteiger partial charge in [0, 0.05) is 17.9 Å². The summed E-state index contributed by atoms with van der Waals surface area (Å²) in [6, 6.07) is 11.7. The van der Waals surface area contributed by atoms with E-state index in [1.54, 1.807) is 0 Å². The van der Waals surface area contributed by atoms with Crippen molar-refractivity contribution in [2.24, 2.45) is 0 Å². The molecule has 0 amide bonds. The van der Waals surface area contributed by atoms with Gasteiger partial charge in [-0.1, -0.05) is 41.9 Å². The standard InChI is InChI=1S/C15H11ClN2O2S/c1-9(19)20-8-13-17-14(10-5-3-2-4-6-10)11-7-12(16)21-15(11)18-13/h2-7H,8H2,1H3. The van der Waals surface area contributed by atoms with Crippen molar-refractivity contribution in [2.75, 3.05) is 0 Å². The molecule has 0 atom stereocenters. The molecular weight excluding hydrogens is 308 g/mol. The van der Waals surface area contributed by atoms with Gasteiger partial charge in [0.1, 0.15) is 4.83 Å². The van der Waals surface area contributed by atoms with Crippen molar-refractivity contribution in [1.29, 1.82) is 0 Å². The second-order valence-corrected chi connectivity index (χ2v) is 6.07. The first-order valence-corrected chi connectivity index (χ1v) is 7.47. The number of benzene rings is 1. The summed E-state index contributed by atoms with van der Waals surface area (Å²) in [5.74, 6) is 0.110. The number of carbonyl (C=O) groups excluding carboxylic acids is 1. The maximum absolute atomic E-state index is 10.9. The predicted octanol–water partition coefficient (Wildman–Crippen LogP) is 4.07. The Labute approximate surface area is 130 Å². The largest absolute Gasteiger partial charge is 0.458 e. The summed E-state index contributed by atoms with van der Waals surface area (Å²) < 4.78 is 5.64. The molecule has 21 heavy (non-hydrogen) atoms. The van der Waals surface area contributed by atoms with Crippen molar-refractivity contribution in [1.82, 2.24) is 9.97 Å². The highest BCUT2D eigenvalue weighted by atomic mass is 35.5. The van der Waals surface area contributed by atoms with E-state index in [1.165, 1.54) is 18.3 Å². The van der Waals surface area contributed by atoms with Crippen LogP contribution in [0.1, 0.15) is 12.7 Å². The summed E-state index contributed by atoms with van der Waals surface area (Å²) in [6.07, 6.45) is 0. The zero-order chi connectivity index (χ0) is 14.8. The average molecular weight is 319 g/mol. The van der Waals surface area contributed by atoms with Crippen LogP contribution in [-0.2, 0) is 16.1 Å². The van der Waals surface area contributed by atoms with Gasteiger partial charge in [0.05, 0.1) is 10.0 Å². The number of ether oxygens (including phenoxy) is 1. The van der Waals surface area contributed by atoms with Crippen LogP contribution in [-0.4, -0.2) is 15.9 Å². The maximum atomic E-state index is 10.9. The summed E-state index contributed by atoms with van der Waals surface area (Å²) in [4.78, 5) is 20.6. The van der Waals surface area contributed by atoms with E-state index in [0.717, 1.165) is 21.5 Å². The Morgan fingerprint density at radius 1 is 1.29 bits per heavy atom. The fourth-order valence-corrected chi connectivity index (χ4v) is 3.09. The van der Waals surface area contributed by atoms with Gasteiger partial charge < -0.3 is 4.74 Å². The minimum absolute atomic E-state index is 0.0562. The van der Waals surface area contributed by atoms with Gasteiger partial charge in [-0.3, -0.25) is 4.79 Å². The SMILES string of the molecule is CC(=O)OCc1nc(-c2ccccc2)c2cc(Cl)sc2n1. The molecule has 4 nitrogen and oxygen atoms in total. The molecule has 0 aliphatic carbocycles. The molecule has 0 unspecified atom stereocenters. The molecule has 3 rings (SSSR count). The van der Waals surface area contributed by atoms with Crippen LogP contribution >= 0.6 is 22.9 Å². The molecule has 6 heteroatoms. The van der Waals surface area contributed by atoms with E-state index in [0.29, 0.717) is 10.2 Å². The number of hydrogen-bond acceptors (Lipinski definition) is 5. The fourth-order valence-electron chi connectivity index (χ4n) is 1.98. The highest BCUT2D eigenvalue weighted by Crippen LogP contribution is 2.34. The first-order chi connectivity index (χ1) is 10.1. The second-order valence-electron chi connectivity index (χ2n) is 4.40. The molecule has 0 bridgehead atoms. The highest BCUT2D eigenvalue weighted by Gasteiger charge is 2.13. The molecule has 0 aliphatic rings. The molecule has 106 valence electrons. The van der Waals surface area contributed by atoms with E-state index in [9.17, 15) is 4.79 Å². The molecule has 0 spiro atoms. The Hall–Kier alpha value is -1.98. The Bertz CT molecular complexity index is 802. The van der Waals surface area contributed by atoms with Crippen molar-refractivity contribution in [2.45, 2.75) is 13.5 Å². The van der Waals surface area contributed by atoms with Gasteiger partial charge in [0.25, 0.3) is 0 Å². The Morgan fingerprint density at radius 2 is 2.05 bits per heavy atom. The average Bonchev–Trinajstić information content (AvgIpc) is 2.85. The fraction of sp³-hybridized carbons (Fsp3) is 0.133. The number of nitrogens with zero attached hydrogens (tertiary/aromatic N) is 2. The summed E-state index contributed by atoms with van der Waals surface area (Å²) in [7, 11) is 0. The van der Waals surface area contributed by atoms with Crippen LogP contribution in [0, 0.1) is 0 Å². The van der Waals surface area contributed by atoms with Gasteiger partial charge in [-0.2, -0.15) is 0 Å². The number of rotatable bonds is 3. The number of esters is 1. The van der Waals surface area contributed by atoms with Crippen LogP contribution in [0.5, 0.6) is 0 Å². The molecule has 0 aliphatic heterocycles. The maximum Gasteiger partial charge on any atom is 0.303 e. The summed E-state index contributed by atoms with van der Waals surface area (Å²) >= 11 is 7.47. The van der Waals surface area contributed by atoms with Gasteiger partial charge in [0.2, 0.25) is 0 Å². The van der Waals surface area contributed by atoms with Crippen LogP contribution in [0.25, 0.3) is 21.5 Å². The molecule has 0 N–H and O–H groups in total. The van der Waals surface area contributed by atoms with Crippen LogP contribution in [0.15, 0.2) is 36.4 Å². The molecule has 3 aromatic rings. The number of aromatic nitrogens is 2. The summed E-state index contributed by atoms with van der Waals surface area (Å²) in [5.41, 5.74) is 1.77. The zero-order valence-electron chi connectivity index (χ0n) is 11.2. The van der Waals surface area contributed by atoms with Crippen molar-refractivity contribution in [3.63, 3.8) is 0 Å². The predicted molar refractivity (Wildman–Crippen MR) is 83.3 cm³/mol. The number of fused-ring (bicyclic) bond motifs is 1. The molecule has 0 fully saturated rings. The number of halogens is 1. The van der Waals surface area contributed by atoms with Crippen LogP contribution in [0.4, 0.5) is 0 Å². The lowest BCUT2D eigenvalue weighted by molar-refractivity contribution is -0.142. The third-order valence-electron chi connectivity index (χ3n) is 2.86. The highest BCUT2D eigenvalue weighted by molar-refractivity contribution is 7.22. The topological polar surface area (TPSA) is 52.1 Å². The van der Waals surface area contributed by atoms with Gasteiger partial charge in [-0.05, 0) is 6.07 Å². The number of hydrogen-bond donors (Lipinski definition) is 0. The van der Waals surface area contributed by atoms with Gasteiger partial charge >= 0.3 is 5.97 Å². The molecule has 1 aromatic carbocycles. The Kier molecular flexibility index (Phi) is 3.86. The monoisotopic (exact) mass is 318 g/mol. The lowest BCUT2D eigenvalue weighted by Gasteiger charge is -2.06. The minimum atomic E-state index is -0.357. The minimum Gasteiger partial charge on any atom is -0.458 e. The Morgan fingerprint density at radius 3 is 2.76 bits per heavy atom. The van der Waals surface area contributed by atoms with Crippen molar-refractivity contribution >= 4 is 39.1 Å². The van der Waals surface area contributed by atoms with Crippen molar-refractivity contribution < 1.29 is 9.53 Å². The molecule has 0 saturated carbocycles. The van der Waals surface area contributed by atoms with Gasteiger partial charge in [0.15, 0.2) is 12.4 Å². The Balaban J connectivity index is 2.13. The normalized spacial score (nSPS) is 10.8. The molecule has 0 radical (unpaired) electrons. The first-order valence-electron chi connectivity index (χ1n) is 6.28. The van der Waals surface area contributed by atoms with Crippen molar-refractivity contribution in [3.8, 4) is 11.3 Å². The number of thiophene rings is 1. The van der Waals surface area contributed by atoms with Gasteiger partial charge in [-0.25, -0.2) is 9.97 Å². The number of carbonyl (C=O) groups is 1.